The minimum atomic E-state index is -0.393. The summed E-state index contributed by atoms with van der Waals surface area (Å²) >= 11 is 0. The van der Waals surface area contributed by atoms with E-state index in [4.69, 9.17) is 5.73 Å². The van der Waals surface area contributed by atoms with Gasteiger partial charge in [-0.1, -0.05) is 45.8 Å². The van der Waals surface area contributed by atoms with Crippen LogP contribution in [0.4, 0.5) is 0 Å². The van der Waals surface area contributed by atoms with Crippen LogP contribution >= 0.6 is 0 Å². The Balaban J connectivity index is -0.000000138. The molecule has 0 aliphatic rings. The van der Waals surface area contributed by atoms with Gasteiger partial charge in [0.05, 0.1) is 5.91 Å². The van der Waals surface area contributed by atoms with Gasteiger partial charge >= 0.3 is 21.7 Å². The number of hydrogen-bond donors (Lipinski definition) is 0. The van der Waals surface area contributed by atoms with Crippen molar-refractivity contribution in [3.8, 4) is 0 Å². The van der Waals surface area contributed by atoms with Crippen LogP contribution in [-0.2, 0) is 26.5 Å². The molecule has 1 amide bonds. The van der Waals surface area contributed by atoms with Crippen LogP contribution in [0.2, 0.25) is 13.1 Å². The van der Waals surface area contributed by atoms with E-state index in [9.17, 15) is 4.79 Å². The molecule has 2 aromatic carbocycles. The van der Waals surface area contributed by atoms with E-state index < -0.39 is 5.91 Å². The van der Waals surface area contributed by atoms with Crippen molar-refractivity contribution in [3.05, 3.63) is 48.2 Å². The maximum atomic E-state index is 10.5. The van der Waals surface area contributed by atoms with Gasteiger partial charge < -0.3 is 35.3 Å². The van der Waals surface area contributed by atoms with E-state index in [-0.39, 0.29) is 52.4 Å². The van der Waals surface area contributed by atoms with Crippen LogP contribution in [0.15, 0.2) is 42.5 Å². The summed E-state index contributed by atoms with van der Waals surface area (Å²) in [5.41, 5.74) is 6.87. The van der Waals surface area contributed by atoms with Crippen molar-refractivity contribution in [3.63, 3.8) is 0 Å². The van der Waals surface area contributed by atoms with Gasteiger partial charge in [-0.25, -0.2) is 0 Å². The second-order valence-electron chi connectivity index (χ2n) is 5.27. The Hall–Kier alpha value is -0.189. The normalized spacial score (nSPS) is 9.60. The molecule has 0 heterocycles. The molecular formula is C19H29Cl2NOSiTi. The molecule has 1 N–H and O–H groups in total. The first-order valence-electron chi connectivity index (χ1n) is 8.04. The Kier molecular flexibility index (Phi) is 28.4. The molecule has 0 saturated heterocycles. The molecule has 2 aromatic rings. The van der Waals surface area contributed by atoms with Gasteiger partial charge in [-0.2, -0.15) is 17.5 Å². The first-order chi connectivity index (χ1) is 10.6. The third-order valence-corrected chi connectivity index (χ3v) is 3.32. The van der Waals surface area contributed by atoms with Crippen LogP contribution in [0.3, 0.4) is 0 Å². The monoisotopic (exact) mass is 433 g/mol. The van der Waals surface area contributed by atoms with Crippen LogP contribution in [0, 0.1) is 5.92 Å². The van der Waals surface area contributed by atoms with Crippen molar-refractivity contribution in [2.24, 2.45) is 5.92 Å². The van der Waals surface area contributed by atoms with E-state index in [1.807, 2.05) is 6.92 Å². The molecule has 1 unspecified atom stereocenters. The Morgan fingerprint density at radius 3 is 2.16 bits per heavy atom. The zero-order chi connectivity index (χ0) is 16.8. The summed E-state index contributed by atoms with van der Waals surface area (Å²) in [4.78, 5) is 10.5. The van der Waals surface area contributed by atoms with Crippen molar-refractivity contribution in [1.29, 1.82) is 0 Å². The van der Waals surface area contributed by atoms with E-state index in [1.54, 1.807) is 0 Å². The molecular weight excluding hydrogens is 405 g/mol. The summed E-state index contributed by atoms with van der Waals surface area (Å²) in [5, 5.41) is 2.66. The van der Waals surface area contributed by atoms with E-state index in [1.165, 1.54) is 10.8 Å². The molecule has 0 fully saturated rings. The summed E-state index contributed by atoms with van der Waals surface area (Å²) in [6, 6.07) is 14.7. The van der Waals surface area contributed by atoms with Crippen molar-refractivity contribution in [2.75, 3.05) is 0 Å². The van der Waals surface area contributed by atoms with E-state index in [0.29, 0.717) is 0 Å². The topological polar surface area (TPSA) is 40.9 Å². The number of rotatable bonds is 5. The van der Waals surface area contributed by atoms with E-state index in [2.05, 4.69) is 62.5 Å². The number of benzene rings is 1. The molecule has 1 atom stereocenters. The summed E-state index contributed by atoms with van der Waals surface area (Å²) in [6.45, 7) is 8.37. The second-order valence-corrected chi connectivity index (χ2v) is 6.27. The van der Waals surface area contributed by atoms with Crippen LogP contribution in [0.5, 0.6) is 0 Å². The average Bonchev–Trinajstić information content (AvgIpc) is 2.97. The van der Waals surface area contributed by atoms with Gasteiger partial charge in [0.25, 0.3) is 0 Å². The largest absolute Gasteiger partial charge is 4.00 e. The van der Waals surface area contributed by atoms with Crippen molar-refractivity contribution >= 4 is 26.2 Å². The maximum Gasteiger partial charge on any atom is 4.00 e. The molecule has 0 spiro atoms. The number of hydrogen-bond acceptors (Lipinski definition) is 1. The van der Waals surface area contributed by atoms with E-state index in [0.717, 1.165) is 35.2 Å². The number of carbonyl (C=O) groups is 1. The predicted molar refractivity (Wildman–Crippen MR) is 99.7 cm³/mol. The number of amides is 1. The standard InChI is InChI=1S/C9H7.C8H17NO.C2H6Si.2ClH.Ti/c1-2-5-9-7-3-6-8(9)4-1;1-3-5-6-7(4-2)8(9)10;1-3-2;;;/h1-7H;7H,3-6H2,1-2H3,(H2,9,10);1-2H3;2*1H;/q-1;;;;;+4/p-3. The Morgan fingerprint density at radius 1 is 1.16 bits per heavy atom. The number of carbonyl (C=O) groups excluding carboxylic acids is 1. The zero-order valence-electron chi connectivity index (χ0n) is 15.6. The van der Waals surface area contributed by atoms with E-state index >= 15 is 0 Å². The Labute approximate surface area is 183 Å². The first-order valence-corrected chi connectivity index (χ1v) is 10.0. The molecule has 0 aliphatic carbocycles. The van der Waals surface area contributed by atoms with Gasteiger partial charge in [0.2, 0.25) is 0 Å². The van der Waals surface area contributed by atoms with Gasteiger partial charge in [0.1, 0.15) is 0 Å². The molecule has 0 saturated carbocycles. The quantitative estimate of drug-likeness (QED) is 0.488. The maximum absolute atomic E-state index is 10.5. The SMILES string of the molecule is CCCCC(CC)C([NH-])=O.C[Si]C.[Cl-].[Cl-].[Ti+4].c1ccc2[cH-]ccc2c1. The van der Waals surface area contributed by atoms with Gasteiger partial charge in [0, 0.05) is 9.52 Å². The number of unbranched alkanes of at least 4 members (excludes halogenated alkanes) is 1. The molecule has 25 heavy (non-hydrogen) atoms. The molecule has 0 aliphatic heterocycles. The Morgan fingerprint density at radius 2 is 1.72 bits per heavy atom. The molecule has 0 bridgehead atoms. The molecule has 0 aromatic heterocycles. The van der Waals surface area contributed by atoms with Gasteiger partial charge in [-0.05, 0) is 18.8 Å². The second kappa shape index (κ2) is 21.9. The van der Waals surface area contributed by atoms with Crippen LogP contribution in [-0.4, -0.2) is 15.4 Å². The average molecular weight is 434 g/mol. The summed E-state index contributed by atoms with van der Waals surface area (Å²) in [7, 11) is 1.08. The van der Waals surface area contributed by atoms with Crippen LogP contribution < -0.4 is 24.8 Å². The van der Waals surface area contributed by atoms with Crippen LogP contribution in [0.1, 0.15) is 39.5 Å². The van der Waals surface area contributed by atoms with Crippen molar-refractivity contribution < 1.29 is 51.3 Å². The van der Waals surface area contributed by atoms with Gasteiger partial charge in [-0.3, -0.25) is 0 Å². The molecule has 2 rings (SSSR count). The fraction of sp³-hybridized carbons (Fsp3) is 0.474. The third-order valence-electron chi connectivity index (χ3n) is 3.32. The fourth-order valence-corrected chi connectivity index (χ4v) is 2.04. The minimum Gasteiger partial charge on any atom is -1.00 e. The van der Waals surface area contributed by atoms with Gasteiger partial charge in [-0.15, -0.1) is 29.7 Å². The minimum absolute atomic E-state index is 0. The first kappa shape index (κ1) is 32.5. The molecule has 6 heteroatoms. The van der Waals surface area contributed by atoms with Gasteiger partial charge in [0.15, 0.2) is 0 Å². The molecule has 2 radical (unpaired) electrons. The summed E-state index contributed by atoms with van der Waals surface area (Å²) < 4.78 is 0. The molecule has 2 nitrogen and oxygen atoms in total. The fourth-order valence-electron chi connectivity index (χ4n) is 2.04. The zero-order valence-corrected chi connectivity index (χ0v) is 19.7. The summed E-state index contributed by atoms with van der Waals surface area (Å²) in [6.07, 6.45) is 3.91. The van der Waals surface area contributed by atoms with Crippen molar-refractivity contribution in [2.45, 2.75) is 52.6 Å². The number of halogens is 2. The number of nitrogens with one attached hydrogen (secondary N) is 1. The van der Waals surface area contributed by atoms with Crippen molar-refractivity contribution in [1.82, 2.24) is 0 Å². The molecule has 138 valence electrons. The Bertz CT molecular complexity index is 493. The summed E-state index contributed by atoms with van der Waals surface area (Å²) in [5.74, 6) is -0.393. The van der Waals surface area contributed by atoms with Crippen LogP contribution in [0.25, 0.3) is 16.5 Å². The number of fused-ring (bicyclic) bond motifs is 1. The predicted octanol–water partition coefficient (Wildman–Crippen LogP) is 0.133. The smallest absolute Gasteiger partial charge is 1.00 e. The third kappa shape index (κ3) is 15.8.